The maximum absolute atomic E-state index is 12.0. The van der Waals surface area contributed by atoms with Crippen LogP contribution in [0.3, 0.4) is 0 Å². The zero-order valence-electron chi connectivity index (χ0n) is 17.6. The van der Waals surface area contributed by atoms with Crippen LogP contribution in [0.15, 0.2) is 42.5 Å². The van der Waals surface area contributed by atoms with Crippen LogP contribution in [-0.2, 0) is 14.4 Å². The van der Waals surface area contributed by atoms with E-state index in [0.717, 1.165) is 0 Å². The van der Waals surface area contributed by atoms with E-state index in [2.05, 4.69) is 21.5 Å². The van der Waals surface area contributed by atoms with Crippen molar-refractivity contribution in [1.82, 2.24) is 16.2 Å². The molecule has 0 bridgehead atoms. The molecule has 0 fully saturated rings. The highest BCUT2D eigenvalue weighted by Gasteiger charge is 2.10. The number of ether oxygens (including phenoxy) is 2. The summed E-state index contributed by atoms with van der Waals surface area (Å²) in [5, 5.41) is 5.57. The van der Waals surface area contributed by atoms with Crippen LogP contribution in [0.5, 0.6) is 11.5 Å². The first-order chi connectivity index (χ1) is 15.8. The van der Waals surface area contributed by atoms with E-state index in [4.69, 9.17) is 44.9 Å². The Morgan fingerprint density at radius 2 is 1.61 bits per heavy atom. The fourth-order valence-electron chi connectivity index (χ4n) is 2.37. The van der Waals surface area contributed by atoms with Crippen molar-refractivity contribution in [2.45, 2.75) is 19.8 Å². The number of nitrogens with one attached hydrogen (secondary N) is 4. The molecule has 0 radical (unpaired) electrons. The van der Waals surface area contributed by atoms with Gasteiger partial charge in [0.05, 0.1) is 11.6 Å². The molecule has 0 saturated heterocycles. The third-order valence-corrected chi connectivity index (χ3v) is 4.58. The van der Waals surface area contributed by atoms with E-state index in [1.165, 1.54) is 12.1 Å². The van der Waals surface area contributed by atoms with E-state index in [9.17, 15) is 14.4 Å². The van der Waals surface area contributed by atoms with E-state index >= 15 is 0 Å². The Hall–Kier alpha value is -3.08. The minimum atomic E-state index is -0.567. The van der Waals surface area contributed by atoms with Gasteiger partial charge in [-0.2, -0.15) is 0 Å². The molecule has 0 atom stereocenters. The summed E-state index contributed by atoms with van der Waals surface area (Å²) >= 11 is 16.7. The number of carbonyl (C=O) groups is 3. The molecule has 2 rings (SSSR count). The van der Waals surface area contributed by atoms with Crippen molar-refractivity contribution in [2.75, 3.05) is 18.5 Å². The molecule has 3 amide bonds. The molecule has 33 heavy (non-hydrogen) atoms. The molecule has 0 aliphatic rings. The van der Waals surface area contributed by atoms with Gasteiger partial charge in [0.2, 0.25) is 11.8 Å². The van der Waals surface area contributed by atoms with Crippen molar-refractivity contribution >= 4 is 63.9 Å². The van der Waals surface area contributed by atoms with Crippen LogP contribution >= 0.6 is 35.4 Å². The molecule has 2 aromatic carbocycles. The molecular formula is C21H22Cl2N4O5S. The minimum Gasteiger partial charge on any atom is -0.494 e. The number of anilines is 1. The Morgan fingerprint density at radius 3 is 2.27 bits per heavy atom. The van der Waals surface area contributed by atoms with Gasteiger partial charge >= 0.3 is 0 Å². The number of hydrazine groups is 1. The quantitative estimate of drug-likeness (QED) is 0.301. The second-order valence-corrected chi connectivity index (χ2v) is 7.67. The van der Waals surface area contributed by atoms with Crippen molar-refractivity contribution in [3.63, 3.8) is 0 Å². The summed E-state index contributed by atoms with van der Waals surface area (Å²) in [6.07, 6.45) is -0.139. The van der Waals surface area contributed by atoms with Crippen LogP contribution in [0, 0.1) is 0 Å². The van der Waals surface area contributed by atoms with E-state index in [0.29, 0.717) is 23.1 Å². The standard InChI is InChI=1S/C21H22Cl2N4O5S/c1-2-31-15-6-4-14(5-7-15)24-18(28)9-10-19(29)26-27-21(33)25-20(30)12-32-17-8-3-13(22)11-16(17)23/h3-8,11H,2,9-10,12H2,1H3,(H,24,28)(H,26,29)(H2,25,27,30,33). The van der Waals surface area contributed by atoms with Crippen LogP contribution in [0.2, 0.25) is 10.0 Å². The molecule has 9 nitrogen and oxygen atoms in total. The average Bonchev–Trinajstić information content (AvgIpc) is 2.77. The largest absolute Gasteiger partial charge is 0.494 e. The normalized spacial score (nSPS) is 10.0. The Bertz CT molecular complexity index is 1000. The van der Waals surface area contributed by atoms with E-state index in [1.54, 1.807) is 30.3 Å². The molecule has 2 aromatic rings. The molecule has 176 valence electrons. The molecule has 0 aliphatic heterocycles. The monoisotopic (exact) mass is 512 g/mol. The lowest BCUT2D eigenvalue weighted by molar-refractivity contribution is -0.125. The Morgan fingerprint density at radius 1 is 0.909 bits per heavy atom. The number of benzene rings is 2. The fraction of sp³-hybridized carbons (Fsp3) is 0.238. The Balaban J connectivity index is 1.63. The molecule has 0 saturated carbocycles. The van der Waals surface area contributed by atoms with Gasteiger partial charge < -0.3 is 14.8 Å². The highest BCUT2D eigenvalue weighted by molar-refractivity contribution is 7.80. The van der Waals surface area contributed by atoms with Gasteiger partial charge in [-0.3, -0.25) is 30.6 Å². The molecule has 0 unspecified atom stereocenters. The third-order valence-electron chi connectivity index (χ3n) is 3.85. The second-order valence-electron chi connectivity index (χ2n) is 6.42. The van der Waals surface area contributed by atoms with Crippen molar-refractivity contribution < 1.29 is 23.9 Å². The molecule has 0 heterocycles. The first-order valence-electron chi connectivity index (χ1n) is 9.76. The van der Waals surface area contributed by atoms with Crippen molar-refractivity contribution in [2.24, 2.45) is 0 Å². The number of hydrogen-bond acceptors (Lipinski definition) is 6. The molecule has 0 spiro atoms. The topological polar surface area (TPSA) is 118 Å². The van der Waals surface area contributed by atoms with Crippen LogP contribution in [0.25, 0.3) is 0 Å². The molecular weight excluding hydrogens is 491 g/mol. The third kappa shape index (κ3) is 9.94. The Labute approximate surface area is 206 Å². The predicted octanol–water partition coefficient (Wildman–Crippen LogP) is 3.21. The second kappa shape index (κ2) is 13.5. The molecule has 12 heteroatoms. The number of thiocarbonyl (C=S) groups is 1. The number of halogens is 2. The predicted molar refractivity (Wildman–Crippen MR) is 129 cm³/mol. The first kappa shape index (κ1) is 26.2. The summed E-state index contributed by atoms with van der Waals surface area (Å²) in [4.78, 5) is 35.8. The van der Waals surface area contributed by atoms with Crippen LogP contribution in [0.1, 0.15) is 19.8 Å². The number of carbonyl (C=O) groups excluding carboxylic acids is 3. The summed E-state index contributed by atoms with van der Waals surface area (Å²) in [7, 11) is 0. The SMILES string of the molecule is CCOc1ccc(NC(=O)CCC(=O)NNC(=S)NC(=O)COc2ccc(Cl)cc2Cl)cc1. The van der Waals surface area contributed by atoms with Crippen molar-refractivity contribution in [1.29, 1.82) is 0 Å². The summed E-state index contributed by atoms with van der Waals surface area (Å²) in [5.41, 5.74) is 5.27. The lowest BCUT2D eigenvalue weighted by atomic mass is 10.2. The molecule has 0 aromatic heterocycles. The van der Waals surface area contributed by atoms with Crippen LogP contribution < -0.4 is 31.0 Å². The van der Waals surface area contributed by atoms with Gasteiger partial charge in [0.1, 0.15) is 11.5 Å². The van der Waals surface area contributed by atoms with Crippen molar-refractivity contribution in [3.8, 4) is 11.5 Å². The lowest BCUT2D eigenvalue weighted by Crippen LogP contribution is -2.49. The lowest BCUT2D eigenvalue weighted by Gasteiger charge is -2.12. The fourth-order valence-corrected chi connectivity index (χ4v) is 3.00. The highest BCUT2D eigenvalue weighted by atomic mass is 35.5. The maximum atomic E-state index is 12.0. The number of amides is 3. The van der Waals surface area contributed by atoms with Crippen LogP contribution in [-0.4, -0.2) is 36.0 Å². The van der Waals surface area contributed by atoms with Gasteiger partial charge in [-0.15, -0.1) is 0 Å². The number of hydrogen-bond donors (Lipinski definition) is 4. The summed E-state index contributed by atoms with van der Waals surface area (Å²) < 4.78 is 10.6. The summed E-state index contributed by atoms with van der Waals surface area (Å²) in [5.74, 6) is -0.403. The van der Waals surface area contributed by atoms with Gasteiger partial charge in [0.25, 0.3) is 5.91 Å². The average molecular weight is 513 g/mol. The zero-order chi connectivity index (χ0) is 24.2. The minimum absolute atomic E-state index is 0.0461. The van der Waals surface area contributed by atoms with Gasteiger partial charge in [-0.25, -0.2) is 0 Å². The van der Waals surface area contributed by atoms with Gasteiger partial charge in [0, 0.05) is 23.6 Å². The highest BCUT2D eigenvalue weighted by Crippen LogP contribution is 2.27. The smallest absolute Gasteiger partial charge is 0.264 e. The van der Waals surface area contributed by atoms with Gasteiger partial charge in [-0.05, 0) is 61.6 Å². The van der Waals surface area contributed by atoms with E-state index < -0.39 is 11.8 Å². The maximum Gasteiger partial charge on any atom is 0.264 e. The Kier molecular flexibility index (Phi) is 10.7. The van der Waals surface area contributed by atoms with Crippen molar-refractivity contribution in [3.05, 3.63) is 52.5 Å². The summed E-state index contributed by atoms with van der Waals surface area (Å²) in [6.45, 7) is 2.07. The van der Waals surface area contributed by atoms with E-state index in [-0.39, 0.29) is 41.2 Å². The van der Waals surface area contributed by atoms with Gasteiger partial charge in [-0.1, -0.05) is 23.2 Å². The number of rotatable bonds is 9. The zero-order valence-corrected chi connectivity index (χ0v) is 19.9. The first-order valence-corrected chi connectivity index (χ1v) is 10.9. The van der Waals surface area contributed by atoms with E-state index in [1.807, 2.05) is 6.92 Å². The molecule has 0 aliphatic carbocycles. The summed E-state index contributed by atoms with van der Waals surface area (Å²) in [6, 6.07) is 11.5. The van der Waals surface area contributed by atoms with Gasteiger partial charge in [0.15, 0.2) is 11.7 Å². The van der Waals surface area contributed by atoms with Crippen LogP contribution in [0.4, 0.5) is 5.69 Å². The molecule has 4 N–H and O–H groups in total.